The molecule has 0 saturated carbocycles. The number of methoxy groups -OCH3 is 1. The molecule has 3 rings (SSSR count). The fraction of sp³-hybridized carbons (Fsp3) is 0.0588. The first-order valence-corrected chi connectivity index (χ1v) is 8.17. The lowest BCUT2D eigenvalue weighted by Crippen LogP contribution is -1.91. The van der Waals surface area contributed by atoms with Gasteiger partial charge in [-0.3, -0.25) is 15.5 Å². The SMILES string of the molecule is COc1ccc(/C=N/Nc2nc(-c3ccc([N+](=O)[O-])cc3)cs2)cc1. The maximum atomic E-state index is 10.7. The smallest absolute Gasteiger partial charge is 0.269 e. The number of anilines is 1. The summed E-state index contributed by atoms with van der Waals surface area (Å²) < 4.78 is 5.10. The van der Waals surface area contributed by atoms with Crippen LogP contribution in [0.1, 0.15) is 5.56 Å². The number of rotatable bonds is 6. The van der Waals surface area contributed by atoms with Crippen LogP contribution in [0.5, 0.6) is 5.75 Å². The molecule has 0 fully saturated rings. The summed E-state index contributed by atoms with van der Waals surface area (Å²) in [5, 5.41) is 17.3. The molecule has 0 amide bonds. The predicted octanol–water partition coefficient (Wildman–Crippen LogP) is 4.17. The molecule has 0 atom stereocenters. The highest BCUT2D eigenvalue weighted by Crippen LogP contribution is 2.26. The molecule has 0 spiro atoms. The van der Waals surface area contributed by atoms with E-state index in [4.69, 9.17) is 4.74 Å². The number of hydrazone groups is 1. The van der Waals surface area contributed by atoms with Crippen LogP contribution >= 0.6 is 11.3 Å². The second-order valence-corrected chi connectivity index (χ2v) is 5.84. The van der Waals surface area contributed by atoms with E-state index in [1.54, 1.807) is 25.5 Å². The van der Waals surface area contributed by atoms with E-state index < -0.39 is 4.92 Å². The number of thiazole rings is 1. The standard InChI is InChI=1S/C17H14N4O3S/c1-24-15-8-2-12(3-9-15)10-18-20-17-19-16(11-25-17)13-4-6-14(7-5-13)21(22)23/h2-11H,1H3,(H,19,20)/b18-10+. The molecule has 0 saturated heterocycles. The Kier molecular flexibility index (Phi) is 5.00. The molecule has 25 heavy (non-hydrogen) atoms. The molecule has 1 heterocycles. The normalized spacial score (nSPS) is 10.8. The Labute approximate surface area is 147 Å². The van der Waals surface area contributed by atoms with Gasteiger partial charge >= 0.3 is 0 Å². The predicted molar refractivity (Wildman–Crippen MR) is 98.4 cm³/mol. The molecule has 0 aliphatic rings. The minimum atomic E-state index is -0.425. The number of non-ortho nitro benzene ring substituents is 1. The summed E-state index contributed by atoms with van der Waals surface area (Å²) in [5.74, 6) is 0.790. The highest BCUT2D eigenvalue weighted by molar-refractivity contribution is 7.14. The van der Waals surface area contributed by atoms with Gasteiger partial charge in [0.2, 0.25) is 5.13 Å². The van der Waals surface area contributed by atoms with Gasteiger partial charge in [0.05, 0.1) is 23.9 Å². The number of nitrogens with zero attached hydrogens (tertiary/aromatic N) is 3. The Bertz CT molecular complexity index is 889. The molecule has 0 aliphatic heterocycles. The Morgan fingerprint density at radius 3 is 2.56 bits per heavy atom. The van der Waals surface area contributed by atoms with Crippen LogP contribution in [-0.2, 0) is 0 Å². The molecule has 0 unspecified atom stereocenters. The minimum Gasteiger partial charge on any atom is -0.497 e. The highest BCUT2D eigenvalue weighted by atomic mass is 32.1. The van der Waals surface area contributed by atoms with Crippen LogP contribution in [-0.4, -0.2) is 23.2 Å². The summed E-state index contributed by atoms with van der Waals surface area (Å²) in [6.45, 7) is 0. The molecule has 2 aromatic carbocycles. The van der Waals surface area contributed by atoms with Crippen LogP contribution in [0.3, 0.4) is 0 Å². The second kappa shape index (κ2) is 7.54. The number of nitro benzene ring substituents is 1. The van der Waals surface area contributed by atoms with E-state index in [1.807, 2.05) is 29.6 Å². The maximum Gasteiger partial charge on any atom is 0.269 e. The molecule has 0 aliphatic carbocycles. The van der Waals surface area contributed by atoms with Gasteiger partial charge < -0.3 is 4.74 Å². The zero-order valence-electron chi connectivity index (χ0n) is 13.2. The third-order valence-electron chi connectivity index (χ3n) is 3.37. The quantitative estimate of drug-likeness (QED) is 0.407. The van der Waals surface area contributed by atoms with Crippen LogP contribution < -0.4 is 10.2 Å². The number of benzene rings is 2. The van der Waals surface area contributed by atoms with E-state index >= 15 is 0 Å². The van der Waals surface area contributed by atoms with Crippen molar-refractivity contribution < 1.29 is 9.66 Å². The zero-order chi connectivity index (χ0) is 17.6. The van der Waals surface area contributed by atoms with Gasteiger partial charge in [-0.2, -0.15) is 5.10 Å². The summed E-state index contributed by atoms with van der Waals surface area (Å²) in [4.78, 5) is 14.7. The summed E-state index contributed by atoms with van der Waals surface area (Å²) in [6.07, 6.45) is 1.69. The van der Waals surface area contributed by atoms with E-state index in [1.165, 1.54) is 23.5 Å². The number of nitrogens with one attached hydrogen (secondary N) is 1. The molecule has 126 valence electrons. The minimum absolute atomic E-state index is 0.0569. The summed E-state index contributed by atoms with van der Waals surface area (Å²) in [6, 6.07) is 13.8. The van der Waals surface area contributed by atoms with Crippen LogP contribution in [0.2, 0.25) is 0 Å². The maximum absolute atomic E-state index is 10.7. The fourth-order valence-corrected chi connectivity index (χ4v) is 2.73. The lowest BCUT2D eigenvalue weighted by molar-refractivity contribution is -0.384. The van der Waals surface area contributed by atoms with Crippen molar-refractivity contribution in [1.29, 1.82) is 0 Å². The third-order valence-corrected chi connectivity index (χ3v) is 4.11. The van der Waals surface area contributed by atoms with Gasteiger partial charge in [0, 0.05) is 23.1 Å². The molecule has 1 aromatic heterocycles. The van der Waals surface area contributed by atoms with Gasteiger partial charge in [-0.25, -0.2) is 4.98 Å². The zero-order valence-corrected chi connectivity index (χ0v) is 14.1. The first kappa shape index (κ1) is 16.6. The van der Waals surface area contributed by atoms with E-state index in [0.717, 1.165) is 22.6 Å². The molecule has 7 nitrogen and oxygen atoms in total. The average Bonchev–Trinajstić information content (AvgIpc) is 3.11. The molecule has 3 aromatic rings. The molecule has 1 N–H and O–H groups in total. The van der Waals surface area contributed by atoms with Gasteiger partial charge in [-0.05, 0) is 42.0 Å². The van der Waals surface area contributed by atoms with Gasteiger partial charge in [-0.15, -0.1) is 11.3 Å². The lowest BCUT2D eigenvalue weighted by atomic mass is 10.1. The van der Waals surface area contributed by atoms with Crippen LogP contribution in [0.15, 0.2) is 59.0 Å². The van der Waals surface area contributed by atoms with Gasteiger partial charge in [-0.1, -0.05) is 0 Å². The van der Waals surface area contributed by atoms with Gasteiger partial charge in [0.25, 0.3) is 5.69 Å². The molecular weight excluding hydrogens is 340 g/mol. The first-order valence-electron chi connectivity index (χ1n) is 7.29. The van der Waals surface area contributed by atoms with Gasteiger partial charge in [0.1, 0.15) is 5.75 Å². The first-order chi connectivity index (χ1) is 12.2. The Balaban J connectivity index is 1.64. The summed E-state index contributed by atoms with van der Waals surface area (Å²) >= 11 is 1.41. The van der Waals surface area contributed by atoms with Crippen molar-refractivity contribution in [1.82, 2.24) is 4.98 Å². The lowest BCUT2D eigenvalue weighted by Gasteiger charge is -1.99. The van der Waals surface area contributed by atoms with Crippen LogP contribution in [0, 0.1) is 10.1 Å². The monoisotopic (exact) mass is 354 g/mol. The van der Waals surface area contributed by atoms with Gasteiger partial charge in [0.15, 0.2) is 0 Å². The highest BCUT2D eigenvalue weighted by Gasteiger charge is 2.07. The van der Waals surface area contributed by atoms with Crippen molar-refractivity contribution in [3.63, 3.8) is 0 Å². The molecule has 0 bridgehead atoms. The number of aromatic nitrogens is 1. The Hall–Kier alpha value is -3.26. The number of hydrogen-bond acceptors (Lipinski definition) is 7. The van der Waals surface area contributed by atoms with Crippen molar-refractivity contribution in [2.24, 2.45) is 5.10 Å². The fourth-order valence-electron chi connectivity index (χ4n) is 2.06. The van der Waals surface area contributed by atoms with Crippen molar-refractivity contribution in [3.05, 3.63) is 69.6 Å². The average molecular weight is 354 g/mol. The Morgan fingerprint density at radius 1 is 1.20 bits per heavy atom. The topological polar surface area (TPSA) is 89.7 Å². The van der Waals surface area contributed by atoms with Crippen molar-refractivity contribution in [2.45, 2.75) is 0 Å². The van der Waals surface area contributed by atoms with E-state index in [9.17, 15) is 10.1 Å². The third kappa shape index (κ3) is 4.18. The summed E-state index contributed by atoms with van der Waals surface area (Å²) in [7, 11) is 1.62. The molecule has 8 heteroatoms. The molecule has 0 radical (unpaired) electrons. The number of nitro groups is 1. The number of ether oxygens (including phenoxy) is 1. The van der Waals surface area contributed by atoms with Crippen LogP contribution in [0.25, 0.3) is 11.3 Å². The van der Waals surface area contributed by atoms with Crippen LogP contribution in [0.4, 0.5) is 10.8 Å². The summed E-state index contributed by atoms with van der Waals surface area (Å²) in [5.41, 5.74) is 5.42. The largest absolute Gasteiger partial charge is 0.497 e. The number of hydrogen-bond donors (Lipinski definition) is 1. The molecular formula is C17H14N4O3S. The van der Waals surface area contributed by atoms with Crippen molar-refractivity contribution >= 4 is 28.4 Å². The second-order valence-electron chi connectivity index (χ2n) is 4.99. The Morgan fingerprint density at radius 2 is 1.92 bits per heavy atom. The van der Waals surface area contributed by atoms with Crippen molar-refractivity contribution in [3.8, 4) is 17.0 Å². The van der Waals surface area contributed by atoms with E-state index in [0.29, 0.717) is 5.13 Å². The van der Waals surface area contributed by atoms with Crippen molar-refractivity contribution in [2.75, 3.05) is 12.5 Å². The van der Waals surface area contributed by atoms with E-state index in [2.05, 4.69) is 15.5 Å². The van der Waals surface area contributed by atoms with E-state index in [-0.39, 0.29) is 5.69 Å².